The maximum atomic E-state index is 5.92. The molecule has 0 aliphatic carbocycles. The monoisotopic (exact) mass is 282 g/mol. The van der Waals surface area contributed by atoms with Crippen LogP contribution in [0.1, 0.15) is 6.92 Å². The second kappa shape index (κ2) is 7.40. The lowest BCUT2D eigenvalue weighted by Crippen LogP contribution is -2.22. The van der Waals surface area contributed by atoms with Crippen molar-refractivity contribution in [2.24, 2.45) is 0 Å². The summed E-state index contributed by atoms with van der Waals surface area (Å²) >= 11 is 0. The Morgan fingerprint density at radius 2 is 2.00 bits per heavy atom. The smallest absolute Gasteiger partial charge is 0.189 e. The van der Waals surface area contributed by atoms with Crippen molar-refractivity contribution in [2.45, 2.75) is 32.6 Å². The van der Waals surface area contributed by atoms with E-state index in [2.05, 4.69) is 25.0 Å². The van der Waals surface area contributed by atoms with Crippen LogP contribution in [0.3, 0.4) is 0 Å². The molecule has 3 N–H and O–H groups in total. The molecule has 0 aromatic heterocycles. The molecule has 1 aromatic rings. The van der Waals surface area contributed by atoms with E-state index in [4.69, 9.17) is 15.2 Å². The number of ether oxygens (including phenoxy) is 2. The molecule has 4 nitrogen and oxygen atoms in total. The van der Waals surface area contributed by atoms with Gasteiger partial charge in [-0.05, 0) is 25.1 Å². The lowest BCUT2D eigenvalue weighted by molar-refractivity contribution is 0.0221. The molecule has 0 fully saturated rings. The molecule has 1 aromatic carbocycles. The van der Waals surface area contributed by atoms with Crippen molar-refractivity contribution in [3.63, 3.8) is 0 Å². The van der Waals surface area contributed by atoms with Crippen LogP contribution >= 0.6 is 0 Å². The standard InChI is InChI=1S/C14H26N2O2Si/c1-5-16-14-7-6-12(10-13(14)15)18-11-17-8-9-19(2,3)4/h6-7,10,16H,5,8-9,11,15H2,1-4H3. The lowest BCUT2D eigenvalue weighted by Gasteiger charge is -2.15. The van der Waals surface area contributed by atoms with Crippen molar-refractivity contribution in [3.8, 4) is 5.75 Å². The van der Waals surface area contributed by atoms with Crippen molar-refractivity contribution in [1.82, 2.24) is 0 Å². The molecule has 0 saturated heterocycles. The molecule has 0 saturated carbocycles. The number of anilines is 2. The fourth-order valence-electron chi connectivity index (χ4n) is 1.53. The maximum absolute atomic E-state index is 5.92. The molecule has 0 bridgehead atoms. The van der Waals surface area contributed by atoms with E-state index >= 15 is 0 Å². The summed E-state index contributed by atoms with van der Waals surface area (Å²) < 4.78 is 11.0. The van der Waals surface area contributed by atoms with Gasteiger partial charge in [-0.1, -0.05) is 19.6 Å². The Hall–Kier alpha value is -1.20. The molecule has 0 radical (unpaired) electrons. The topological polar surface area (TPSA) is 56.5 Å². The summed E-state index contributed by atoms with van der Waals surface area (Å²) in [5.74, 6) is 0.743. The molecule has 0 amide bonds. The number of nitrogens with one attached hydrogen (secondary N) is 1. The first-order valence-electron chi connectivity index (χ1n) is 6.76. The van der Waals surface area contributed by atoms with Crippen LogP contribution in [-0.4, -0.2) is 28.0 Å². The third kappa shape index (κ3) is 6.49. The molecule has 0 atom stereocenters. The normalized spacial score (nSPS) is 11.4. The molecule has 0 spiro atoms. The summed E-state index contributed by atoms with van der Waals surface area (Å²) in [4.78, 5) is 0. The molecule has 0 unspecified atom stereocenters. The highest BCUT2D eigenvalue weighted by molar-refractivity contribution is 6.76. The Balaban J connectivity index is 2.32. The first-order chi connectivity index (χ1) is 8.92. The van der Waals surface area contributed by atoms with E-state index in [-0.39, 0.29) is 6.79 Å². The number of nitrogen functional groups attached to an aromatic ring is 1. The highest BCUT2D eigenvalue weighted by Gasteiger charge is 2.11. The molecular formula is C14H26N2O2Si. The molecule has 5 heteroatoms. The minimum absolute atomic E-state index is 0.282. The number of rotatable bonds is 8. The van der Waals surface area contributed by atoms with Crippen LogP contribution in [0.15, 0.2) is 18.2 Å². The average Bonchev–Trinajstić information content (AvgIpc) is 2.31. The Morgan fingerprint density at radius 3 is 2.58 bits per heavy atom. The van der Waals surface area contributed by atoms with Crippen molar-refractivity contribution in [1.29, 1.82) is 0 Å². The summed E-state index contributed by atoms with van der Waals surface area (Å²) in [6.07, 6.45) is 0. The summed E-state index contributed by atoms with van der Waals surface area (Å²) in [7, 11) is -1.02. The van der Waals surface area contributed by atoms with Crippen LogP contribution in [0.5, 0.6) is 5.75 Å². The zero-order valence-corrected chi connectivity index (χ0v) is 13.5. The quantitative estimate of drug-likeness (QED) is 0.332. The van der Waals surface area contributed by atoms with Gasteiger partial charge in [-0.15, -0.1) is 0 Å². The molecule has 1 rings (SSSR count). The lowest BCUT2D eigenvalue weighted by atomic mass is 10.2. The number of hydrogen-bond donors (Lipinski definition) is 2. The van der Waals surface area contributed by atoms with Gasteiger partial charge >= 0.3 is 0 Å². The van der Waals surface area contributed by atoms with Crippen molar-refractivity contribution in [2.75, 3.05) is 31.0 Å². The van der Waals surface area contributed by atoms with Gasteiger partial charge in [0.1, 0.15) is 5.75 Å². The number of nitrogens with two attached hydrogens (primary N) is 1. The summed E-state index contributed by atoms with van der Waals surface area (Å²) in [5, 5.41) is 3.19. The Labute approximate surface area is 117 Å². The van der Waals surface area contributed by atoms with E-state index in [1.54, 1.807) is 0 Å². The first-order valence-corrected chi connectivity index (χ1v) is 10.5. The second-order valence-electron chi connectivity index (χ2n) is 5.76. The molecule has 19 heavy (non-hydrogen) atoms. The highest BCUT2D eigenvalue weighted by Crippen LogP contribution is 2.24. The molecule has 0 aliphatic rings. The SMILES string of the molecule is CCNc1ccc(OCOCC[Si](C)(C)C)cc1N. The van der Waals surface area contributed by atoms with Crippen molar-refractivity contribution in [3.05, 3.63) is 18.2 Å². The van der Waals surface area contributed by atoms with Crippen LogP contribution in [0.25, 0.3) is 0 Å². The van der Waals surface area contributed by atoms with E-state index in [0.29, 0.717) is 5.69 Å². The predicted molar refractivity (Wildman–Crippen MR) is 84.6 cm³/mol. The Morgan fingerprint density at radius 1 is 1.26 bits per heavy atom. The van der Waals surface area contributed by atoms with E-state index in [9.17, 15) is 0 Å². The number of hydrogen-bond acceptors (Lipinski definition) is 4. The third-order valence-electron chi connectivity index (χ3n) is 2.70. The van der Waals surface area contributed by atoms with E-state index in [1.807, 2.05) is 25.1 Å². The van der Waals surface area contributed by atoms with E-state index in [0.717, 1.165) is 30.6 Å². The van der Waals surface area contributed by atoms with Gasteiger partial charge in [-0.2, -0.15) is 0 Å². The van der Waals surface area contributed by atoms with Crippen molar-refractivity contribution < 1.29 is 9.47 Å². The second-order valence-corrected chi connectivity index (χ2v) is 11.4. The van der Waals surface area contributed by atoms with Crippen LogP contribution in [-0.2, 0) is 4.74 Å². The van der Waals surface area contributed by atoms with E-state index < -0.39 is 8.07 Å². The minimum Gasteiger partial charge on any atom is -0.467 e. The molecule has 0 aliphatic heterocycles. The summed E-state index contributed by atoms with van der Waals surface area (Å²) in [6, 6.07) is 6.80. The largest absolute Gasteiger partial charge is 0.467 e. The molecule has 108 valence electrons. The van der Waals surface area contributed by atoms with E-state index in [1.165, 1.54) is 0 Å². The van der Waals surface area contributed by atoms with Gasteiger partial charge in [-0.25, -0.2) is 0 Å². The third-order valence-corrected chi connectivity index (χ3v) is 4.40. The number of benzene rings is 1. The van der Waals surface area contributed by atoms with Gasteiger partial charge in [-0.3, -0.25) is 0 Å². The van der Waals surface area contributed by atoms with Gasteiger partial charge in [0.15, 0.2) is 6.79 Å². The molecular weight excluding hydrogens is 256 g/mol. The fourth-order valence-corrected chi connectivity index (χ4v) is 2.29. The van der Waals surface area contributed by atoms with Crippen LogP contribution in [0.4, 0.5) is 11.4 Å². The average molecular weight is 282 g/mol. The van der Waals surface area contributed by atoms with Crippen molar-refractivity contribution >= 4 is 19.4 Å². The highest BCUT2D eigenvalue weighted by atomic mass is 28.3. The fraction of sp³-hybridized carbons (Fsp3) is 0.571. The van der Waals surface area contributed by atoms with Crippen LogP contribution < -0.4 is 15.8 Å². The van der Waals surface area contributed by atoms with Gasteiger partial charge in [0.05, 0.1) is 11.4 Å². The summed E-state index contributed by atoms with van der Waals surface area (Å²) in [5.41, 5.74) is 7.55. The first kappa shape index (κ1) is 15.9. The Bertz CT molecular complexity index is 392. The van der Waals surface area contributed by atoms with Gasteiger partial charge in [0.2, 0.25) is 0 Å². The van der Waals surface area contributed by atoms with Gasteiger partial charge < -0.3 is 20.5 Å². The maximum Gasteiger partial charge on any atom is 0.189 e. The van der Waals surface area contributed by atoms with Gasteiger partial charge in [0.25, 0.3) is 0 Å². The zero-order chi connectivity index (χ0) is 14.3. The molecule has 0 heterocycles. The minimum atomic E-state index is -1.02. The Kier molecular flexibility index (Phi) is 6.18. The van der Waals surface area contributed by atoms with Crippen LogP contribution in [0, 0.1) is 0 Å². The predicted octanol–water partition coefficient (Wildman–Crippen LogP) is 3.39. The summed E-state index contributed by atoms with van der Waals surface area (Å²) in [6.45, 7) is 10.9. The zero-order valence-electron chi connectivity index (χ0n) is 12.5. The van der Waals surface area contributed by atoms with Crippen LogP contribution in [0.2, 0.25) is 25.7 Å². The van der Waals surface area contributed by atoms with Gasteiger partial charge in [0, 0.05) is 27.3 Å².